The van der Waals surface area contributed by atoms with Crippen molar-refractivity contribution >= 4 is 23.4 Å². The van der Waals surface area contributed by atoms with Crippen LogP contribution in [-0.4, -0.2) is 41.9 Å². The highest BCUT2D eigenvalue weighted by Crippen LogP contribution is 2.36. The van der Waals surface area contributed by atoms with E-state index in [1.54, 1.807) is 0 Å². The molecule has 0 bridgehead atoms. The van der Waals surface area contributed by atoms with Crippen molar-refractivity contribution in [3.8, 4) is 0 Å². The lowest BCUT2D eigenvalue weighted by atomic mass is 10.2. The number of hydrogen-bond acceptors (Lipinski definition) is 5. The van der Waals surface area contributed by atoms with Crippen molar-refractivity contribution in [3.05, 3.63) is 63.7 Å². The van der Waals surface area contributed by atoms with E-state index in [0.717, 1.165) is 30.9 Å². The zero-order chi connectivity index (χ0) is 20.7. The molecule has 2 aromatic carbocycles. The Bertz CT molecular complexity index is 860. The van der Waals surface area contributed by atoms with E-state index in [4.69, 9.17) is 0 Å². The van der Waals surface area contributed by atoms with E-state index in [0.29, 0.717) is 19.2 Å². The van der Waals surface area contributed by atoms with Gasteiger partial charge in [-0.15, -0.1) is 0 Å². The van der Waals surface area contributed by atoms with Crippen LogP contribution < -0.4 is 5.32 Å². The molecule has 0 aromatic heterocycles. The first-order chi connectivity index (χ1) is 13.3. The SMILES string of the molecule is CCN(CC)CCNC(=O)c1ccc([N+](=O)[O-])c(Sc2ccc(F)cc2F)c1. The van der Waals surface area contributed by atoms with Crippen LogP contribution in [0, 0.1) is 21.7 Å². The summed E-state index contributed by atoms with van der Waals surface area (Å²) in [5.41, 5.74) is -0.0245. The lowest BCUT2D eigenvalue weighted by Crippen LogP contribution is -2.34. The molecule has 0 spiro atoms. The molecule has 0 radical (unpaired) electrons. The highest BCUT2D eigenvalue weighted by molar-refractivity contribution is 7.99. The van der Waals surface area contributed by atoms with Crippen molar-refractivity contribution in [1.29, 1.82) is 0 Å². The largest absolute Gasteiger partial charge is 0.351 e. The summed E-state index contributed by atoms with van der Waals surface area (Å²) in [7, 11) is 0. The van der Waals surface area contributed by atoms with Crippen LogP contribution >= 0.6 is 11.8 Å². The molecule has 0 aliphatic heterocycles. The van der Waals surface area contributed by atoms with E-state index >= 15 is 0 Å². The number of halogens is 2. The van der Waals surface area contributed by atoms with Crippen molar-refractivity contribution in [2.45, 2.75) is 23.6 Å². The minimum absolute atomic E-state index is 0.0311. The second kappa shape index (κ2) is 10.1. The Labute approximate surface area is 166 Å². The molecular weight excluding hydrogens is 388 g/mol. The van der Waals surface area contributed by atoms with Gasteiger partial charge in [0.25, 0.3) is 11.6 Å². The summed E-state index contributed by atoms with van der Waals surface area (Å²) in [6.45, 7) is 6.92. The minimum atomic E-state index is -0.826. The summed E-state index contributed by atoms with van der Waals surface area (Å²) in [5.74, 6) is -1.94. The molecular formula is C19H21F2N3O3S. The summed E-state index contributed by atoms with van der Waals surface area (Å²) in [6, 6.07) is 6.90. The number of carbonyl (C=O) groups is 1. The Morgan fingerprint density at radius 2 is 1.86 bits per heavy atom. The normalized spacial score (nSPS) is 10.9. The fourth-order valence-corrected chi connectivity index (χ4v) is 3.50. The van der Waals surface area contributed by atoms with Crippen LogP contribution in [0.2, 0.25) is 0 Å². The second-order valence-corrected chi connectivity index (χ2v) is 6.98. The molecule has 0 saturated carbocycles. The van der Waals surface area contributed by atoms with Gasteiger partial charge in [-0.2, -0.15) is 0 Å². The van der Waals surface area contributed by atoms with Crippen LogP contribution in [0.25, 0.3) is 0 Å². The summed E-state index contributed by atoms with van der Waals surface area (Å²) < 4.78 is 27.0. The number of rotatable bonds is 9. The molecule has 0 unspecified atom stereocenters. The molecule has 0 aliphatic rings. The Morgan fingerprint density at radius 1 is 1.14 bits per heavy atom. The zero-order valence-corrected chi connectivity index (χ0v) is 16.4. The lowest BCUT2D eigenvalue weighted by Gasteiger charge is -2.18. The van der Waals surface area contributed by atoms with Crippen molar-refractivity contribution in [3.63, 3.8) is 0 Å². The first-order valence-electron chi connectivity index (χ1n) is 8.77. The molecule has 9 heteroatoms. The van der Waals surface area contributed by atoms with Gasteiger partial charge >= 0.3 is 0 Å². The standard InChI is InChI=1S/C19H21F2N3O3S/c1-3-23(4-2)10-9-22-19(25)13-5-7-16(24(26)27)18(11-13)28-17-8-6-14(20)12-15(17)21/h5-8,11-12H,3-4,9-10H2,1-2H3,(H,22,25). The van der Waals surface area contributed by atoms with E-state index in [9.17, 15) is 23.7 Å². The van der Waals surface area contributed by atoms with Gasteiger partial charge in [0, 0.05) is 35.7 Å². The summed E-state index contributed by atoms with van der Waals surface area (Å²) in [6.07, 6.45) is 0. The highest BCUT2D eigenvalue weighted by atomic mass is 32.2. The fourth-order valence-electron chi connectivity index (χ4n) is 2.53. The fraction of sp³-hybridized carbons (Fsp3) is 0.316. The second-order valence-electron chi connectivity index (χ2n) is 5.90. The van der Waals surface area contributed by atoms with Crippen LogP contribution in [0.4, 0.5) is 14.5 Å². The van der Waals surface area contributed by atoms with Gasteiger partial charge < -0.3 is 10.2 Å². The van der Waals surface area contributed by atoms with Crippen molar-refractivity contribution in [2.24, 2.45) is 0 Å². The van der Waals surface area contributed by atoms with Crippen LogP contribution in [0.5, 0.6) is 0 Å². The van der Waals surface area contributed by atoms with Crippen LogP contribution in [0.1, 0.15) is 24.2 Å². The number of nitro benzene ring substituents is 1. The highest BCUT2D eigenvalue weighted by Gasteiger charge is 2.19. The molecule has 2 aromatic rings. The smallest absolute Gasteiger partial charge is 0.283 e. The van der Waals surface area contributed by atoms with Gasteiger partial charge in [-0.25, -0.2) is 8.78 Å². The van der Waals surface area contributed by atoms with E-state index in [1.807, 2.05) is 13.8 Å². The molecule has 0 saturated heterocycles. The minimum Gasteiger partial charge on any atom is -0.351 e. The van der Waals surface area contributed by atoms with Gasteiger partial charge in [0.1, 0.15) is 11.6 Å². The van der Waals surface area contributed by atoms with Crippen molar-refractivity contribution < 1.29 is 18.5 Å². The number of carbonyl (C=O) groups excluding carboxylic acids is 1. The number of benzene rings is 2. The maximum Gasteiger partial charge on any atom is 0.283 e. The quantitative estimate of drug-likeness (QED) is 0.499. The van der Waals surface area contributed by atoms with Crippen molar-refractivity contribution in [1.82, 2.24) is 10.2 Å². The molecule has 0 fully saturated rings. The van der Waals surface area contributed by atoms with Crippen LogP contribution in [0.15, 0.2) is 46.2 Å². The third-order valence-electron chi connectivity index (χ3n) is 4.14. The number of amides is 1. The predicted octanol–water partition coefficient (Wildman–Crippen LogP) is 4.10. The number of hydrogen-bond donors (Lipinski definition) is 1. The van der Waals surface area contributed by atoms with Gasteiger partial charge in [0.15, 0.2) is 0 Å². The number of nitrogens with one attached hydrogen (secondary N) is 1. The summed E-state index contributed by atoms with van der Waals surface area (Å²) in [5, 5.41) is 14.1. The first kappa shape index (κ1) is 21.8. The van der Waals surface area contributed by atoms with Crippen LogP contribution in [0.3, 0.4) is 0 Å². The van der Waals surface area contributed by atoms with Gasteiger partial charge in [-0.05, 0) is 37.4 Å². The molecule has 0 heterocycles. The van der Waals surface area contributed by atoms with Crippen LogP contribution in [-0.2, 0) is 0 Å². The Balaban J connectivity index is 2.20. The third kappa shape index (κ3) is 5.74. The van der Waals surface area contributed by atoms with Gasteiger partial charge in [0.05, 0.1) is 9.82 Å². The Kier molecular flexibility index (Phi) is 7.89. The number of nitrogens with zero attached hydrogens (tertiary/aromatic N) is 2. The summed E-state index contributed by atoms with van der Waals surface area (Å²) in [4.78, 5) is 25.3. The Hall–Kier alpha value is -2.52. The maximum absolute atomic E-state index is 13.9. The zero-order valence-electron chi connectivity index (χ0n) is 15.6. The topological polar surface area (TPSA) is 75.5 Å². The lowest BCUT2D eigenvalue weighted by molar-refractivity contribution is -0.387. The molecule has 6 nitrogen and oxygen atoms in total. The average Bonchev–Trinajstić information content (AvgIpc) is 2.67. The molecule has 0 atom stereocenters. The molecule has 2 rings (SSSR count). The van der Waals surface area contributed by atoms with E-state index in [2.05, 4.69) is 10.2 Å². The molecule has 150 valence electrons. The predicted molar refractivity (Wildman–Crippen MR) is 104 cm³/mol. The number of likely N-dealkylation sites (N-methyl/N-ethyl adjacent to an activating group) is 1. The monoisotopic (exact) mass is 409 g/mol. The van der Waals surface area contributed by atoms with E-state index in [1.165, 1.54) is 24.3 Å². The van der Waals surface area contributed by atoms with E-state index < -0.39 is 16.6 Å². The molecule has 1 N–H and O–H groups in total. The number of nitro groups is 1. The third-order valence-corrected chi connectivity index (χ3v) is 5.24. The van der Waals surface area contributed by atoms with Gasteiger partial charge in [-0.3, -0.25) is 14.9 Å². The Morgan fingerprint density at radius 3 is 2.46 bits per heavy atom. The van der Waals surface area contributed by atoms with Gasteiger partial charge in [0.2, 0.25) is 0 Å². The molecule has 1 amide bonds. The van der Waals surface area contributed by atoms with Gasteiger partial charge in [-0.1, -0.05) is 25.6 Å². The molecule has 0 aliphatic carbocycles. The van der Waals surface area contributed by atoms with Crippen molar-refractivity contribution in [2.75, 3.05) is 26.2 Å². The maximum atomic E-state index is 13.9. The first-order valence-corrected chi connectivity index (χ1v) is 9.59. The van der Waals surface area contributed by atoms with E-state index in [-0.39, 0.29) is 26.9 Å². The average molecular weight is 409 g/mol. The summed E-state index contributed by atoms with van der Waals surface area (Å²) >= 11 is 0.774. The molecule has 28 heavy (non-hydrogen) atoms.